The summed E-state index contributed by atoms with van der Waals surface area (Å²) in [5.41, 5.74) is -0.378. The number of aromatic amines is 1. The second kappa shape index (κ2) is 8.04. The molecule has 0 aliphatic heterocycles. The van der Waals surface area contributed by atoms with Gasteiger partial charge in [0, 0.05) is 31.5 Å². The minimum Gasteiger partial charge on any atom is -0.393 e. The van der Waals surface area contributed by atoms with Gasteiger partial charge in [0.2, 0.25) is 5.95 Å². The zero-order valence-corrected chi connectivity index (χ0v) is 16.2. The zero-order valence-electron chi connectivity index (χ0n) is 16.2. The maximum absolute atomic E-state index is 12.9. The largest absolute Gasteiger partial charge is 0.393 e. The van der Waals surface area contributed by atoms with E-state index >= 15 is 0 Å². The molecule has 1 saturated carbocycles. The first-order chi connectivity index (χ1) is 14.0. The average molecular weight is 396 g/mol. The standard InChI is InChI=1S/C20H24N6O3/c1-2-26-8-6-13-10-15(24-20-21-7-5-16(28)25-20)23-18(17(13)19(26)29)22-11-12-3-4-14(27)9-12/h5-8,10,12,14,27H,2-4,9,11H2,1H3,(H3,21,22,23,24,25,28)/t12-,14-/m1/s1. The Bertz CT molecular complexity index is 1140. The van der Waals surface area contributed by atoms with Crippen LogP contribution in [0.25, 0.3) is 10.8 Å². The summed E-state index contributed by atoms with van der Waals surface area (Å²) < 4.78 is 1.64. The van der Waals surface area contributed by atoms with Crippen molar-refractivity contribution in [1.82, 2.24) is 19.5 Å². The van der Waals surface area contributed by atoms with Crippen molar-refractivity contribution in [3.8, 4) is 0 Å². The molecule has 0 aromatic carbocycles. The fourth-order valence-electron chi connectivity index (χ4n) is 3.77. The van der Waals surface area contributed by atoms with E-state index in [1.54, 1.807) is 16.8 Å². The molecule has 1 aliphatic rings. The number of aliphatic hydroxyl groups excluding tert-OH is 1. The lowest BCUT2D eigenvalue weighted by molar-refractivity contribution is 0.178. The van der Waals surface area contributed by atoms with E-state index in [0.717, 1.165) is 24.6 Å². The summed E-state index contributed by atoms with van der Waals surface area (Å²) in [5.74, 6) is 1.56. The summed E-state index contributed by atoms with van der Waals surface area (Å²) in [6.45, 7) is 3.11. The maximum atomic E-state index is 12.9. The van der Waals surface area contributed by atoms with Crippen LogP contribution in [-0.4, -0.2) is 37.3 Å². The summed E-state index contributed by atoms with van der Waals surface area (Å²) in [7, 11) is 0. The third-order valence-electron chi connectivity index (χ3n) is 5.29. The summed E-state index contributed by atoms with van der Waals surface area (Å²) in [6, 6.07) is 4.96. The second-order valence-electron chi connectivity index (χ2n) is 7.35. The van der Waals surface area contributed by atoms with Crippen LogP contribution in [0, 0.1) is 5.92 Å². The first-order valence-corrected chi connectivity index (χ1v) is 9.82. The van der Waals surface area contributed by atoms with Crippen LogP contribution < -0.4 is 21.8 Å². The molecule has 3 heterocycles. The van der Waals surface area contributed by atoms with Gasteiger partial charge in [0.05, 0.1) is 11.5 Å². The number of pyridine rings is 2. The lowest BCUT2D eigenvalue weighted by Crippen LogP contribution is -2.21. The molecule has 0 saturated heterocycles. The van der Waals surface area contributed by atoms with Crippen molar-refractivity contribution in [3.05, 3.63) is 51.3 Å². The van der Waals surface area contributed by atoms with Crippen LogP contribution in [0.4, 0.5) is 17.6 Å². The van der Waals surface area contributed by atoms with Gasteiger partial charge in [0.1, 0.15) is 11.6 Å². The quantitative estimate of drug-likeness (QED) is 0.501. The van der Waals surface area contributed by atoms with E-state index in [0.29, 0.717) is 36.0 Å². The molecule has 0 spiro atoms. The van der Waals surface area contributed by atoms with Crippen LogP contribution in [0.5, 0.6) is 0 Å². The molecule has 9 heteroatoms. The monoisotopic (exact) mass is 396 g/mol. The number of nitrogens with zero attached hydrogens (tertiary/aromatic N) is 3. The molecule has 29 heavy (non-hydrogen) atoms. The van der Waals surface area contributed by atoms with E-state index < -0.39 is 0 Å². The van der Waals surface area contributed by atoms with Crippen LogP contribution in [0.15, 0.2) is 40.2 Å². The maximum Gasteiger partial charge on any atom is 0.262 e. The van der Waals surface area contributed by atoms with E-state index in [2.05, 4.69) is 25.6 Å². The second-order valence-corrected chi connectivity index (χ2v) is 7.35. The Balaban J connectivity index is 1.72. The lowest BCUT2D eigenvalue weighted by atomic mass is 10.1. The minimum atomic E-state index is -0.271. The van der Waals surface area contributed by atoms with Gasteiger partial charge in [-0.15, -0.1) is 0 Å². The third kappa shape index (κ3) is 4.14. The van der Waals surface area contributed by atoms with E-state index in [9.17, 15) is 14.7 Å². The Labute approximate surface area is 166 Å². The topological polar surface area (TPSA) is 125 Å². The number of anilines is 3. The molecule has 4 rings (SSSR count). The van der Waals surface area contributed by atoms with Crippen LogP contribution >= 0.6 is 0 Å². The number of aliphatic hydroxyl groups is 1. The van der Waals surface area contributed by atoms with Crippen LogP contribution in [0.1, 0.15) is 26.2 Å². The first kappa shape index (κ1) is 19.1. The van der Waals surface area contributed by atoms with Crippen molar-refractivity contribution in [3.63, 3.8) is 0 Å². The SMILES string of the molecule is CCn1ccc2cc(Nc3nccc(=O)[nH]3)nc(NC[C@@H]3CC[C@@H](O)C3)c2c1=O. The van der Waals surface area contributed by atoms with Gasteiger partial charge in [0.25, 0.3) is 11.1 Å². The smallest absolute Gasteiger partial charge is 0.262 e. The number of hydrogen-bond acceptors (Lipinski definition) is 7. The number of fused-ring (bicyclic) bond motifs is 1. The van der Waals surface area contributed by atoms with E-state index in [-0.39, 0.29) is 23.2 Å². The minimum absolute atomic E-state index is 0.107. The Morgan fingerprint density at radius 3 is 2.90 bits per heavy atom. The normalized spacial score (nSPS) is 18.8. The molecule has 0 bridgehead atoms. The van der Waals surface area contributed by atoms with Gasteiger partial charge >= 0.3 is 0 Å². The molecule has 0 amide bonds. The molecule has 152 valence electrons. The number of hydrogen-bond donors (Lipinski definition) is 4. The number of aryl methyl sites for hydroxylation is 1. The number of H-pyrrole nitrogens is 1. The number of nitrogens with one attached hydrogen (secondary N) is 3. The van der Waals surface area contributed by atoms with Crippen molar-refractivity contribution < 1.29 is 5.11 Å². The van der Waals surface area contributed by atoms with Gasteiger partial charge in [0.15, 0.2) is 0 Å². The van der Waals surface area contributed by atoms with Crippen molar-refractivity contribution in [2.24, 2.45) is 5.92 Å². The summed E-state index contributed by atoms with van der Waals surface area (Å²) in [6.07, 6.45) is 5.41. The van der Waals surface area contributed by atoms with Crippen molar-refractivity contribution in [2.45, 2.75) is 38.8 Å². The highest BCUT2D eigenvalue weighted by atomic mass is 16.3. The molecular weight excluding hydrogens is 372 g/mol. The third-order valence-corrected chi connectivity index (χ3v) is 5.29. The fourth-order valence-corrected chi connectivity index (χ4v) is 3.77. The van der Waals surface area contributed by atoms with Crippen LogP contribution in [0.2, 0.25) is 0 Å². The Morgan fingerprint density at radius 1 is 1.31 bits per heavy atom. The molecule has 1 aliphatic carbocycles. The fraction of sp³-hybridized carbons (Fsp3) is 0.400. The molecular formula is C20H24N6O3. The Hall–Kier alpha value is -3.20. The van der Waals surface area contributed by atoms with Crippen molar-refractivity contribution in [1.29, 1.82) is 0 Å². The molecule has 0 unspecified atom stereocenters. The molecule has 3 aromatic heterocycles. The molecule has 9 nitrogen and oxygen atoms in total. The van der Waals surface area contributed by atoms with Crippen LogP contribution in [0.3, 0.4) is 0 Å². The highest BCUT2D eigenvalue weighted by molar-refractivity contribution is 5.93. The molecule has 1 fully saturated rings. The van der Waals surface area contributed by atoms with Gasteiger partial charge in [-0.2, -0.15) is 0 Å². The first-order valence-electron chi connectivity index (χ1n) is 9.82. The molecule has 4 N–H and O–H groups in total. The van der Waals surface area contributed by atoms with Gasteiger partial charge < -0.3 is 20.3 Å². The zero-order chi connectivity index (χ0) is 20.4. The molecule has 3 aromatic rings. The van der Waals surface area contributed by atoms with E-state index in [1.165, 1.54) is 12.3 Å². The Morgan fingerprint density at radius 2 is 2.17 bits per heavy atom. The number of aromatic nitrogens is 4. The lowest BCUT2D eigenvalue weighted by Gasteiger charge is -2.15. The summed E-state index contributed by atoms with van der Waals surface area (Å²) in [4.78, 5) is 35.7. The van der Waals surface area contributed by atoms with Crippen molar-refractivity contribution in [2.75, 3.05) is 17.2 Å². The van der Waals surface area contributed by atoms with Crippen LogP contribution in [-0.2, 0) is 6.54 Å². The summed E-state index contributed by atoms with van der Waals surface area (Å²) >= 11 is 0. The molecule has 0 radical (unpaired) electrons. The van der Waals surface area contributed by atoms with Gasteiger partial charge in [-0.1, -0.05) is 0 Å². The van der Waals surface area contributed by atoms with E-state index in [1.807, 2.05) is 13.0 Å². The number of rotatable bonds is 6. The average Bonchev–Trinajstić information content (AvgIpc) is 3.11. The predicted molar refractivity (Wildman–Crippen MR) is 112 cm³/mol. The summed E-state index contributed by atoms with van der Waals surface area (Å²) in [5, 5.41) is 17.3. The van der Waals surface area contributed by atoms with Gasteiger partial charge in [-0.05, 0) is 49.6 Å². The van der Waals surface area contributed by atoms with E-state index in [4.69, 9.17) is 0 Å². The highest BCUT2D eigenvalue weighted by Gasteiger charge is 2.23. The highest BCUT2D eigenvalue weighted by Crippen LogP contribution is 2.27. The van der Waals surface area contributed by atoms with Gasteiger partial charge in [-0.3, -0.25) is 14.6 Å². The predicted octanol–water partition coefficient (Wildman–Crippen LogP) is 1.82. The van der Waals surface area contributed by atoms with Crippen molar-refractivity contribution >= 4 is 28.4 Å². The van der Waals surface area contributed by atoms with Gasteiger partial charge in [-0.25, -0.2) is 9.97 Å². The molecule has 2 atom stereocenters. The Kier molecular flexibility index (Phi) is 5.30.